The van der Waals surface area contributed by atoms with Gasteiger partial charge in [-0.25, -0.2) is 13.1 Å². The van der Waals surface area contributed by atoms with Crippen LogP contribution in [0.3, 0.4) is 0 Å². The number of unbranched alkanes of at least 4 members (excludes halogenated alkanes) is 3. The van der Waals surface area contributed by atoms with Crippen molar-refractivity contribution in [2.45, 2.75) is 37.5 Å². The van der Waals surface area contributed by atoms with Crippen LogP contribution < -0.4 is 10.5 Å². The molecule has 7 heteroatoms. The number of benzene rings is 1. The zero-order valence-electron chi connectivity index (χ0n) is 11.4. The molecule has 0 unspecified atom stereocenters. The molecule has 1 aromatic carbocycles. The number of hydrogen-bond donors (Lipinski definition) is 2. The second-order valence-corrected chi connectivity index (χ2v) is 7.05. The molecule has 20 heavy (non-hydrogen) atoms. The maximum Gasteiger partial charge on any atom is 0.242 e. The molecule has 0 aliphatic heterocycles. The SMILES string of the molecule is CCCCCCNS(=O)(=O)c1ccc(C(N)=S)cc1Cl. The van der Waals surface area contributed by atoms with Crippen molar-refractivity contribution in [2.24, 2.45) is 5.73 Å². The fraction of sp³-hybridized carbons (Fsp3) is 0.462. The minimum atomic E-state index is -3.59. The first kappa shape index (κ1) is 17.4. The Labute approximate surface area is 130 Å². The average molecular weight is 335 g/mol. The highest BCUT2D eigenvalue weighted by molar-refractivity contribution is 7.89. The minimum Gasteiger partial charge on any atom is -0.389 e. The molecular weight excluding hydrogens is 316 g/mol. The van der Waals surface area contributed by atoms with E-state index >= 15 is 0 Å². The Kier molecular flexibility index (Phi) is 6.88. The van der Waals surface area contributed by atoms with Crippen molar-refractivity contribution in [1.82, 2.24) is 4.72 Å². The zero-order chi connectivity index (χ0) is 15.2. The summed E-state index contributed by atoms with van der Waals surface area (Å²) < 4.78 is 26.8. The number of rotatable bonds is 8. The van der Waals surface area contributed by atoms with Gasteiger partial charge in [0.1, 0.15) is 9.88 Å². The van der Waals surface area contributed by atoms with E-state index in [1.807, 2.05) is 0 Å². The van der Waals surface area contributed by atoms with E-state index in [0.29, 0.717) is 12.1 Å². The lowest BCUT2D eigenvalue weighted by Gasteiger charge is -2.09. The van der Waals surface area contributed by atoms with Gasteiger partial charge in [0.05, 0.1) is 5.02 Å². The van der Waals surface area contributed by atoms with Gasteiger partial charge in [-0.05, 0) is 18.6 Å². The Bertz CT molecular complexity index is 574. The number of nitrogens with two attached hydrogens (primary N) is 1. The first-order valence-electron chi connectivity index (χ1n) is 6.47. The van der Waals surface area contributed by atoms with Crippen LogP contribution >= 0.6 is 23.8 Å². The lowest BCUT2D eigenvalue weighted by atomic mass is 10.2. The van der Waals surface area contributed by atoms with E-state index < -0.39 is 10.0 Å². The van der Waals surface area contributed by atoms with Crippen LogP contribution in [0.15, 0.2) is 23.1 Å². The molecule has 0 spiro atoms. The van der Waals surface area contributed by atoms with Crippen LogP contribution in [0.2, 0.25) is 5.02 Å². The molecular formula is C13H19ClN2O2S2. The summed E-state index contributed by atoms with van der Waals surface area (Å²) in [5, 5.41) is 0.122. The van der Waals surface area contributed by atoms with Crippen LogP contribution in [-0.2, 0) is 10.0 Å². The van der Waals surface area contributed by atoms with Gasteiger partial charge in [0.25, 0.3) is 0 Å². The molecule has 0 aliphatic carbocycles. The number of hydrogen-bond acceptors (Lipinski definition) is 3. The Morgan fingerprint density at radius 2 is 2.05 bits per heavy atom. The standard InChI is InChI=1S/C13H19ClN2O2S2/c1-2-3-4-5-8-16-20(17,18)12-7-6-10(13(15)19)9-11(12)14/h6-7,9,16H,2-5,8H2,1H3,(H2,15,19). The predicted octanol–water partition coefficient (Wildman–Crippen LogP) is 2.83. The quantitative estimate of drug-likeness (QED) is 0.566. The predicted molar refractivity (Wildman–Crippen MR) is 86.7 cm³/mol. The molecule has 3 N–H and O–H groups in total. The summed E-state index contributed by atoms with van der Waals surface area (Å²) in [6, 6.07) is 4.45. The number of halogens is 1. The van der Waals surface area contributed by atoms with Gasteiger partial charge >= 0.3 is 0 Å². The molecule has 0 aliphatic rings. The Hall–Kier alpha value is -0.690. The molecule has 0 bridgehead atoms. The van der Waals surface area contributed by atoms with E-state index in [1.54, 1.807) is 6.07 Å². The van der Waals surface area contributed by atoms with Crippen molar-refractivity contribution >= 4 is 38.8 Å². The Balaban J connectivity index is 2.75. The van der Waals surface area contributed by atoms with E-state index in [9.17, 15) is 8.42 Å². The Morgan fingerprint density at radius 3 is 2.60 bits per heavy atom. The lowest BCUT2D eigenvalue weighted by molar-refractivity contribution is 0.573. The summed E-state index contributed by atoms with van der Waals surface area (Å²) in [5.74, 6) is 0. The smallest absolute Gasteiger partial charge is 0.242 e. The third-order valence-corrected chi connectivity index (χ3v) is 5.01. The van der Waals surface area contributed by atoms with E-state index in [4.69, 9.17) is 29.6 Å². The van der Waals surface area contributed by atoms with Gasteiger partial charge in [0.15, 0.2) is 0 Å². The minimum absolute atomic E-state index is 0.0506. The third-order valence-electron chi connectivity index (χ3n) is 2.83. The molecule has 0 saturated heterocycles. The van der Waals surface area contributed by atoms with Crippen LogP contribution in [-0.4, -0.2) is 20.0 Å². The molecule has 1 aromatic rings. The van der Waals surface area contributed by atoms with Crippen molar-refractivity contribution in [3.63, 3.8) is 0 Å². The van der Waals surface area contributed by atoms with Crippen LogP contribution in [0.5, 0.6) is 0 Å². The van der Waals surface area contributed by atoms with Gasteiger partial charge in [0.2, 0.25) is 10.0 Å². The summed E-state index contributed by atoms with van der Waals surface area (Å²) in [6.45, 7) is 2.52. The highest BCUT2D eigenvalue weighted by atomic mass is 35.5. The second-order valence-electron chi connectivity index (χ2n) is 4.47. The molecule has 0 fully saturated rings. The molecule has 112 valence electrons. The fourth-order valence-electron chi connectivity index (χ4n) is 1.71. The number of nitrogens with one attached hydrogen (secondary N) is 1. The molecule has 0 aromatic heterocycles. The highest BCUT2D eigenvalue weighted by Crippen LogP contribution is 2.22. The normalized spacial score (nSPS) is 11.5. The first-order chi connectivity index (χ1) is 9.38. The fourth-order valence-corrected chi connectivity index (χ4v) is 3.45. The molecule has 1 rings (SSSR count). The van der Waals surface area contributed by atoms with Crippen molar-refractivity contribution in [1.29, 1.82) is 0 Å². The molecule has 0 amide bonds. The zero-order valence-corrected chi connectivity index (χ0v) is 13.7. The Morgan fingerprint density at radius 1 is 1.35 bits per heavy atom. The van der Waals surface area contributed by atoms with Gasteiger partial charge in [-0.2, -0.15) is 0 Å². The summed E-state index contributed by atoms with van der Waals surface area (Å²) in [6.07, 6.45) is 4.03. The maximum absolute atomic E-state index is 12.1. The van der Waals surface area contributed by atoms with Gasteiger partial charge in [0, 0.05) is 12.1 Å². The topological polar surface area (TPSA) is 72.2 Å². The summed E-state index contributed by atoms with van der Waals surface area (Å²) in [5.41, 5.74) is 6.02. The van der Waals surface area contributed by atoms with Crippen molar-refractivity contribution in [3.8, 4) is 0 Å². The van der Waals surface area contributed by atoms with Crippen LogP contribution in [0.1, 0.15) is 38.2 Å². The monoisotopic (exact) mass is 334 g/mol. The van der Waals surface area contributed by atoms with Gasteiger partial charge in [-0.15, -0.1) is 0 Å². The van der Waals surface area contributed by atoms with Crippen molar-refractivity contribution < 1.29 is 8.42 Å². The summed E-state index contributed by atoms with van der Waals surface area (Å²) >= 11 is 10.8. The molecule has 0 atom stereocenters. The van der Waals surface area contributed by atoms with Gasteiger partial charge < -0.3 is 5.73 Å². The third kappa shape index (κ3) is 5.01. The summed E-state index contributed by atoms with van der Waals surface area (Å²) in [4.78, 5) is 0.234. The largest absolute Gasteiger partial charge is 0.389 e. The van der Waals surface area contributed by atoms with E-state index in [1.165, 1.54) is 12.1 Å². The van der Waals surface area contributed by atoms with Crippen LogP contribution in [0.4, 0.5) is 0 Å². The molecule has 0 saturated carbocycles. The van der Waals surface area contributed by atoms with Crippen molar-refractivity contribution in [2.75, 3.05) is 6.54 Å². The molecule has 4 nitrogen and oxygen atoms in total. The van der Waals surface area contributed by atoms with Crippen molar-refractivity contribution in [3.05, 3.63) is 28.8 Å². The second kappa shape index (κ2) is 7.93. The average Bonchev–Trinajstić information content (AvgIpc) is 2.37. The van der Waals surface area contributed by atoms with E-state index in [0.717, 1.165) is 25.7 Å². The van der Waals surface area contributed by atoms with Gasteiger partial charge in [-0.1, -0.05) is 56.1 Å². The molecule has 0 heterocycles. The maximum atomic E-state index is 12.1. The number of thiocarbonyl (C=S) groups is 1. The van der Waals surface area contributed by atoms with Crippen LogP contribution in [0, 0.1) is 0 Å². The van der Waals surface area contributed by atoms with E-state index in [-0.39, 0.29) is 14.9 Å². The summed E-state index contributed by atoms with van der Waals surface area (Å²) in [7, 11) is -3.59. The van der Waals surface area contributed by atoms with E-state index in [2.05, 4.69) is 11.6 Å². The molecule has 0 radical (unpaired) electrons. The van der Waals surface area contributed by atoms with Gasteiger partial charge in [-0.3, -0.25) is 0 Å². The lowest BCUT2D eigenvalue weighted by Crippen LogP contribution is -2.25. The van der Waals surface area contributed by atoms with Crippen LogP contribution in [0.25, 0.3) is 0 Å². The number of sulfonamides is 1. The highest BCUT2D eigenvalue weighted by Gasteiger charge is 2.17. The first-order valence-corrected chi connectivity index (χ1v) is 8.74.